The van der Waals surface area contributed by atoms with E-state index in [4.69, 9.17) is 9.47 Å². The summed E-state index contributed by atoms with van der Waals surface area (Å²) in [4.78, 5) is 11.5. The zero-order valence-corrected chi connectivity index (χ0v) is 10.1. The molecule has 2 heterocycles. The molecule has 0 bridgehead atoms. The summed E-state index contributed by atoms with van der Waals surface area (Å²) in [6.07, 6.45) is 2.12. The summed E-state index contributed by atoms with van der Waals surface area (Å²) in [6, 6.07) is 5.40. The fraction of sp³-hybridized carbons (Fsp3) is 0.385. The van der Waals surface area contributed by atoms with Gasteiger partial charge in [0.15, 0.2) is 0 Å². The van der Waals surface area contributed by atoms with Gasteiger partial charge in [-0.15, -0.1) is 0 Å². The third kappa shape index (κ3) is 1.86. The number of ether oxygens (including phenoxy) is 2. The largest absolute Gasteiger partial charge is 0.465 e. The van der Waals surface area contributed by atoms with Crippen molar-refractivity contribution < 1.29 is 14.3 Å². The molecule has 1 aliphatic rings. The van der Waals surface area contributed by atoms with Crippen molar-refractivity contribution in [2.24, 2.45) is 0 Å². The maximum absolute atomic E-state index is 11.5. The number of aromatic amines is 1. The van der Waals surface area contributed by atoms with E-state index in [0.717, 1.165) is 36.0 Å². The number of nitrogens with one attached hydrogen (secondary N) is 1. The van der Waals surface area contributed by atoms with Crippen molar-refractivity contribution in [1.82, 2.24) is 10.2 Å². The summed E-state index contributed by atoms with van der Waals surface area (Å²) in [5.41, 5.74) is 2.42. The molecule has 3 rings (SSSR count). The highest BCUT2D eigenvalue weighted by Gasteiger charge is 2.21. The molecule has 2 aromatic rings. The van der Waals surface area contributed by atoms with E-state index in [2.05, 4.69) is 10.2 Å². The lowest BCUT2D eigenvalue weighted by atomic mass is 10.0. The lowest BCUT2D eigenvalue weighted by molar-refractivity contribution is -0.0495. The molecular weight excluding hydrogens is 232 g/mol. The summed E-state index contributed by atoms with van der Waals surface area (Å²) in [7, 11) is 1.38. The molecule has 1 atom stereocenters. The number of carbonyl (C=O) groups is 1. The summed E-state index contributed by atoms with van der Waals surface area (Å²) in [5.74, 6) is -0.330. The van der Waals surface area contributed by atoms with Gasteiger partial charge in [-0.3, -0.25) is 5.10 Å². The normalized spacial score (nSPS) is 18.6. The van der Waals surface area contributed by atoms with Crippen LogP contribution in [0.15, 0.2) is 18.2 Å². The minimum Gasteiger partial charge on any atom is -0.465 e. The van der Waals surface area contributed by atoms with Crippen LogP contribution in [-0.2, 0) is 15.9 Å². The highest BCUT2D eigenvalue weighted by atomic mass is 16.5. The van der Waals surface area contributed by atoms with E-state index in [1.165, 1.54) is 7.11 Å². The minimum absolute atomic E-state index is 0.262. The van der Waals surface area contributed by atoms with Gasteiger partial charge >= 0.3 is 5.97 Å². The Bertz CT molecular complexity index is 587. The van der Waals surface area contributed by atoms with Gasteiger partial charge in [0.1, 0.15) is 0 Å². The molecule has 1 N–H and O–H groups in total. The molecule has 0 amide bonds. The second-order valence-corrected chi connectivity index (χ2v) is 4.41. The Balaban J connectivity index is 1.96. The number of carbonyl (C=O) groups excluding carboxylic acids is 1. The van der Waals surface area contributed by atoms with Gasteiger partial charge in [0, 0.05) is 18.4 Å². The number of benzene rings is 1. The van der Waals surface area contributed by atoms with E-state index >= 15 is 0 Å². The Morgan fingerprint density at radius 3 is 3.11 bits per heavy atom. The quantitative estimate of drug-likeness (QED) is 0.837. The van der Waals surface area contributed by atoms with E-state index in [1.807, 2.05) is 12.1 Å². The number of rotatable bonds is 3. The number of fused-ring (bicyclic) bond motifs is 1. The summed E-state index contributed by atoms with van der Waals surface area (Å²) >= 11 is 0. The van der Waals surface area contributed by atoms with Gasteiger partial charge in [-0.2, -0.15) is 5.10 Å². The maximum Gasteiger partial charge on any atom is 0.337 e. The van der Waals surface area contributed by atoms with E-state index in [-0.39, 0.29) is 12.1 Å². The smallest absolute Gasteiger partial charge is 0.337 e. The SMILES string of the molecule is COC(=O)c1ccc2[nH]nc(CC3CCO3)c2c1. The average Bonchev–Trinajstić information content (AvgIpc) is 2.75. The third-order valence-electron chi connectivity index (χ3n) is 3.28. The van der Waals surface area contributed by atoms with E-state index in [9.17, 15) is 4.79 Å². The van der Waals surface area contributed by atoms with Crippen LogP contribution in [0, 0.1) is 0 Å². The van der Waals surface area contributed by atoms with Crippen LogP contribution in [0.5, 0.6) is 0 Å². The first kappa shape index (κ1) is 11.2. The molecule has 1 saturated heterocycles. The predicted molar refractivity (Wildman–Crippen MR) is 65.5 cm³/mol. The van der Waals surface area contributed by atoms with Crippen molar-refractivity contribution in [3.05, 3.63) is 29.5 Å². The van der Waals surface area contributed by atoms with Crippen molar-refractivity contribution in [1.29, 1.82) is 0 Å². The first-order valence-electron chi connectivity index (χ1n) is 5.95. The molecule has 94 valence electrons. The monoisotopic (exact) mass is 246 g/mol. The van der Waals surface area contributed by atoms with E-state index < -0.39 is 0 Å². The minimum atomic E-state index is -0.330. The number of hydrogen-bond acceptors (Lipinski definition) is 4. The molecule has 0 radical (unpaired) electrons. The molecule has 5 heteroatoms. The van der Waals surface area contributed by atoms with Crippen LogP contribution in [-0.4, -0.2) is 36.0 Å². The highest BCUT2D eigenvalue weighted by Crippen LogP contribution is 2.23. The molecule has 1 aromatic carbocycles. The third-order valence-corrected chi connectivity index (χ3v) is 3.28. The molecule has 0 saturated carbocycles. The van der Waals surface area contributed by atoms with Crippen LogP contribution >= 0.6 is 0 Å². The Hall–Kier alpha value is -1.88. The zero-order chi connectivity index (χ0) is 12.5. The Labute approximate surface area is 104 Å². The number of H-pyrrole nitrogens is 1. The second-order valence-electron chi connectivity index (χ2n) is 4.41. The Kier molecular flexibility index (Phi) is 2.76. The van der Waals surface area contributed by atoms with Gasteiger partial charge in [0.25, 0.3) is 0 Å². The van der Waals surface area contributed by atoms with Crippen LogP contribution in [0.25, 0.3) is 10.9 Å². The van der Waals surface area contributed by atoms with Crippen molar-refractivity contribution in [2.45, 2.75) is 18.9 Å². The number of hydrogen-bond donors (Lipinski definition) is 1. The van der Waals surface area contributed by atoms with Gasteiger partial charge < -0.3 is 9.47 Å². The van der Waals surface area contributed by atoms with Crippen molar-refractivity contribution in [3.8, 4) is 0 Å². The number of nitrogens with zero attached hydrogens (tertiary/aromatic N) is 1. The molecule has 1 fully saturated rings. The highest BCUT2D eigenvalue weighted by molar-refractivity contribution is 5.95. The molecule has 0 spiro atoms. The van der Waals surface area contributed by atoms with Gasteiger partial charge in [0.05, 0.1) is 30.0 Å². The van der Waals surface area contributed by atoms with Gasteiger partial charge in [-0.1, -0.05) is 0 Å². The summed E-state index contributed by atoms with van der Waals surface area (Å²) < 4.78 is 10.1. The lowest BCUT2D eigenvalue weighted by Crippen LogP contribution is -2.28. The average molecular weight is 246 g/mol. The fourth-order valence-corrected chi connectivity index (χ4v) is 2.13. The Morgan fingerprint density at radius 2 is 2.44 bits per heavy atom. The molecule has 0 aliphatic carbocycles. The van der Waals surface area contributed by atoms with E-state index in [1.54, 1.807) is 6.07 Å². The lowest BCUT2D eigenvalue weighted by Gasteiger charge is -2.25. The van der Waals surface area contributed by atoms with E-state index in [0.29, 0.717) is 5.56 Å². The molecular formula is C13H14N2O3. The van der Waals surface area contributed by atoms with Crippen LogP contribution in [0.2, 0.25) is 0 Å². The van der Waals surface area contributed by atoms with Gasteiger partial charge in [-0.05, 0) is 24.6 Å². The fourth-order valence-electron chi connectivity index (χ4n) is 2.13. The standard InChI is InChI=1S/C13H14N2O3/c1-17-13(16)8-2-3-11-10(6-8)12(15-14-11)7-9-4-5-18-9/h2-3,6,9H,4-5,7H2,1H3,(H,14,15). The summed E-state index contributed by atoms with van der Waals surface area (Å²) in [6.45, 7) is 0.834. The zero-order valence-electron chi connectivity index (χ0n) is 10.1. The summed E-state index contributed by atoms with van der Waals surface area (Å²) in [5, 5.41) is 8.22. The van der Waals surface area contributed by atoms with Crippen LogP contribution in [0.4, 0.5) is 0 Å². The van der Waals surface area contributed by atoms with Crippen LogP contribution in [0.3, 0.4) is 0 Å². The molecule has 1 unspecified atom stereocenters. The van der Waals surface area contributed by atoms with Crippen LogP contribution in [0.1, 0.15) is 22.5 Å². The predicted octanol–water partition coefficient (Wildman–Crippen LogP) is 1.68. The van der Waals surface area contributed by atoms with Crippen molar-refractivity contribution >= 4 is 16.9 Å². The van der Waals surface area contributed by atoms with Gasteiger partial charge in [0.2, 0.25) is 0 Å². The number of methoxy groups -OCH3 is 1. The van der Waals surface area contributed by atoms with Gasteiger partial charge in [-0.25, -0.2) is 4.79 Å². The first-order chi connectivity index (χ1) is 8.78. The Morgan fingerprint density at radius 1 is 1.61 bits per heavy atom. The first-order valence-corrected chi connectivity index (χ1v) is 5.95. The second kappa shape index (κ2) is 4.42. The molecule has 1 aliphatic heterocycles. The van der Waals surface area contributed by atoms with Crippen LogP contribution < -0.4 is 0 Å². The molecule has 5 nitrogen and oxygen atoms in total. The molecule has 18 heavy (non-hydrogen) atoms. The number of aromatic nitrogens is 2. The van der Waals surface area contributed by atoms with Crippen molar-refractivity contribution in [2.75, 3.05) is 13.7 Å². The van der Waals surface area contributed by atoms with Crippen molar-refractivity contribution in [3.63, 3.8) is 0 Å². The maximum atomic E-state index is 11.5. The molecule has 1 aromatic heterocycles. The topological polar surface area (TPSA) is 64.2 Å². The number of esters is 1.